The molecule has 1 aromatic heterocycles. The van der Waals surface area contributed by atoms with Crippen molar-refractivity contribution in [1.29, 1.82) is 0 Å². The standard InChI is InChI=1S/C25H30N4O4S.C2HF3O2/c1-3-29(4-2)11-12-33-20-10-6-8-18(14-20)22-15-21(24(34-22)28-25(26)32)23(31)27-19-9-5-7-17(13-19)16-30;3-2(4,5)1(6)7/h5-10,13-15,30H,3-4,11-12,16H2,1-2H3,(H,27,31)(H3,26,28,32);(H,6,7). The number of carboxylic acids is 1. The fraction of sp³-hybridized carbons (Fsp3) is 0.296. The van der Waals surface area contributed by atoms with Crippen molar-refractivity contribution in [1.82, 2.24) is 4.90 Å². The summed E-state index contributed by atoms with van der Waals surface area (Å²) < 4.78 is 37.7. The number of hydrogen-bond donors (Lipinski definition) is 5. The summed E-state index contributed by atoms with van der Waals surface area (Å²) in [6.45, 7) is 7.47. The van der Waals surface area contributed by atoms with E-state index in [0.29, 0.717) is 28.4 Å². The molecule has 2 aromatic carbocycles. The Bertz CT molecular complexity index is 1330. The highest BCUT2D eigenvalue weighted by Crippen LogP contribution is 2.37. The Morgan fingerprint density at radius 2 is 1.68 bits per heavy atom. The number of nitrogens with one attached hydrogen (secondary N) is 2. The molecule has 0 atom stereocenters. The quantitative estimate of drug-likeness (QED) is 0.209. The molecule has 0 saturated heterocycles. The molecule has 0 fully saturated rings. The molecule has 0 aliphatic rings. The molecule has 0 spiro atoms. The lowest BCUT2D eigenvalue weighted by Gasteiger charge is -2.18. The maximum absolute atomic E-state index is 13.0. The van der Waals surface area contributed by atoms with Crippen molar-refractivity contribution >= 4 is 39.9 Å². The minimum atomic E-state index is -5.08. The number of aliphatic hydroxyl groups is 1. The van der Waals surface area contributed by atoms with Gasteiger partial charge in [-0.3, -0.25) is 10.1 Å². The number of urea groups is 1. The molecule has 3 rings (SSSR count). The highest BCUT2D eigenvalue weighted by Gasteiger charge is 2.38. The van der Waals surface area contributed by atoms with Crippen LogP contribution in [-0.4, -0.2) is 65.4 Å². The molecular weight excluding hydrogens is 565 g/mol. The molecule has 1 heterocycles. The lowest BCUT2D eigenvalue weighted by atomic mass is 10.1. The number of aliphatic carboxylic acids is 1. The maximum atomic E-state index is 13.0. The number of nitrogens with zero attached hydrogens (tertiary/aromatic N) is 1. The predicted octanol–water partition coefficient (Wildman–Crippen LogP) is 5.00. The first-order chi connectivity index (χ1) is 19.4. The number of ether oxygens (including phenoxy) is 1. The molecule has 41 heavy (non-hydrogen) atoms. The number of anilines is 2. The summed E-state index contributed by atoms with van der Waals surface area (Å²) in [5.41, 5.74) is 7.70. The summed E-state index contributed by atoms with van der Waals surface area (Å²) in [5.74, 6) is -2.42. The number of carbonyl (C=O) groups is 3. The molecule has 0 aliphatic heterocycles. The zero-order chi connectivity index (χ0) is 30.6. The van der Waals surface area contributed by atoms with Crippen LogP contribution >= 0.6 is 11.3 Å². The van der Waals surface area contributed by atoms with E-state index in [-0.39, 0.29) is 6.61 Å². The Balaban J connectivity index is 0.000000745. The second-order valence-electron chi connectivity index (χ2n) is 8.36. The Labute approximate surface area is 238 Å². The zero-order valence-electron chi connectivity index (χ0n) is 22.3. The van der Waals surface area contributed by atoms with E-state index in [0.717, 1.165) is 35.8 Å². The lowest BCUT2D eigenvalue weighted by Crippen LogP contribution is -2.27. The van der Waals surface area contributed by atoms with Crippen molar-refractivity contribution in [2.45, 2.75) is 26.6 Å². The van der Waals surface area contributed by atoms with E-state index >= 15 is 0 Å². The predicted molar refractivity (Wildman–Crippen MR) is 150 cm³/mol. The minimum Gasteiger partial charge on any atom is -0.492 e. The average molecular weight is 597 g/mol. The number of halogens is 3. The van der Waals surface area contributed by atoms with Gasteiger partial charge >= 0.3 is 18.2 Å². The minimum absolute atomic E-state index is 0.131. The van der Waals surface area contributed by atoms with Crippen LogP contribution in [0.1, 0.15) is 29.8 Å². The number of primary amides is 1. The third-order valence-electron chi connectivity index (χ3n) is 5.51. The van der Waals surface area contributed by atoms with Gasteiger partial charge in [0.15, 0.2) is 0 Å². The van der Waals surface area contributed by atoms with Crippen molar-refractivity contribution in [2.75, 3.05) is 36.9 Å². The van der Waals surface area contributed by atoms with E-state index in [9.17, 15) is 27.9 Å². The van der Waals surface area contributed by atoms with E-state index in [4.69, 9.17) is 20.4 Å². The van der Waals surface area contributed by atoms with Gasteiger partial charge in [0.1, 0.15) is 17.4 Å². The molecular formula is C27H31F3N4O6S. The summed E-state index contributed by atoms with van der Waals surface area (Å²) in [6, 6.07) is 15.5. The van der Waals surface area contributed by atoms with Crippen molar-refractivity contribution in [2.24, 2.45) is 5.73 Å². The molecule has 0 unspecified atom stereocenters. The van der Waals surface area contributed by atoms with Crippen molar-refractivity contribution in [3.05, 3.63) is 65.7 Å². The van der Waals surface area contributed by atoms with Crippen LogP contribution in [-0.2, 0) is 11.4 Å². The normalized spacial score (nSPS) is 10.9. The first kappa shape index (κ1) is 33.1. The van der Waals surface area contributed by atoms with Gasteiger partial charge in [-0.25, -0.2) is 9.59 Å². The summed E-state index contributed by atoms with van der Waals surface area (Å²) in [5, 5.41) is 22.2. The highest BCUT2D eigenvalue weighted by molar-refractivity contribution is 7.20. The number of likely N-dealkylation sites (N-methyl/N-ethyl adjacent to an activating group) is 1. The third kappa shape index (κ3) is 10.7. The lowest BCUT2D eigenvalue weighted by molar-refractivity contribution is -0.192. The fourth-order valence-corrected chi connectivity index (χ4v) is 4.48. The van der Waals surface area contributed by atoms with E-state index in [2.05, 4.69) is 29.4 Å². The number of amides is 3. The molecule has 0 bridgehead atoms. The number of aliphatic hydroxyl groups excluding tert-OH is 1. The number of alkyl halides is 3. The monoisotopic (exact) mass is 596 g/mol. The van der Waals surface area contributed by atoms with Gasteiger partial charge in [0.25, 0.3) is 5.91 Å². The van der Waals surface area contributed by atoms with Crippen LogP contribution < -0.4 is 21.1 Å². The van der Waals surface area contributed by atoms with Crippen molar-refractivity contribution < 1.29 is 42.5 Å². The van der Waals surface area contributed by atoms with Gasteiger partial charge in [-0.1, -0.05) is 38.1 Å². The first-order valence-corrected chi connectivity index (χ1v) is 13.2. The van der Waals surface area contributed by atoms with Gasteiger partial charge in [-0.2, -0.15) is 13.2 Å². The van der Waals surface area contributed by atoms with Gasteiger partial charge in [0, 0.05) is 17.1 Å². The Hall–Kier alpha value is -4.14. The SMILES string of the molecule is CCN(CC)CCOc1cccc(-c2cc(C(=O)Nc3cccc(CO)c3)c(NC(N)=O)s2)c1.O=C(O)C(F)(F)F. The molecule has 3 aromatic rings. The maximum Gasteiger partial charge on any atom is 0.490 e. The van der Waals surface area contributed by atoms with Crippen LogP contribution in [0.15, 0.2) is 54.6 Å². The molecule has 0 aliphatic carbocycles. The first-order valence-electron chi connectivity index (χ1n) is 12.3. The van der Waals surface area contributed by atoms with Crippen LogP contribution in [0.4, 0.5) is 28.7 Å². The molecule has 0 saturated carbocycles. The third-order valence-corrected chi connectivity index (χ3v) is 6.61. The summed E-state index contributed by atoms with van der Waals surface area (Å²) in [6.07, 6.45) is -5.08. The Morgan fingerprint density at radius 1 is 1.02 bits per heavy atom. The van der Waals surface area contributed by atoms with Gasteiger partial charge < -0.3 is 30.9 Å². The van der Waals surface area contributed by atoms with E-state index in [1.807, 2.05) is 24.3 Å². The average Bonchev–Trinajstić information content (AvgIpc) is 3.34. The van der Waals surface area contributed by atoms with Gasteiger partial charge in [-0.15, -0.1) is 11.3 Å². The number of benzene rings is 2. The highest BCUT2D eigenvalue weighted by atomic mass is 32.1. The summed E-state index contributed by atoms with van der Waals surface area (Å²) >= 11 is 1.26. The number of hydrogen-bond acceptors (Lipinski definition) is 7. The van der Waals surface area contributed by atoms with Gasteiger partial charge in [0.05, 0.1) is 12.2 Å². The second-order valence-corrected chi connectivity index (χ2v) is 9.41. The zero-order valence-corrected chi connectivity index (χ0v) is 23.1. The summed E-state index contributed by atoms with van der Waals surface area (Å²) in [4.78, 5) is 36.5. The summed E-state index contributed by atoms with van der Waals surface area (Å²) in [7, 11) is 0. The van der Waals surface area contributed by atoms with Crippen molar-refractivity contribution in [3.8, 4) is 16.2 Å². The molecule has 10 nitrogen and oxygen atoms in total. The van der Waals surface area contributed by atoms with Crippen LogP contribution in [0.5, 0.6) is 5.75 Å². The van der Waals surface area contributed by atoms with E-state index < -0.39 is 24.1 Å². The van der Waals surface area contributed by atoms with Crippen LogP contribution in [0, 0.1) is 0 Å². The van der Waals surface area contributed by atoms with E-state index in [1.165, 1.54) is 11.3 Å². The Kier molecular flexibility index (Phi) is 12.6. The number of carboxylic acid groups (broad SMARTS) is 1. The van der Waals surface area contributed by atoms with Crippen LogP contribution in [0.25, 0.3) is 10.4 Å². The molecule has 14 heteroatoms. The van der Waals surface area contributed by atoms with Crippen molar-refractivity contribution in [3.63, 3.8) is 0 Å². The van der Waals surface area contributed by atoms with Crippen LogP contribution in [0.2, 0.25) is 0 Å². The molecule has 6 N–H and O–H groups in total. The number of thiophene rings is 1. The number of rotatable bonds is 11. The van der Waals surface area contributed by atoms with Gasteiger partial charge in [0.2, 0.25) is 0 Å². The van der Waals surface area contributed by atoms with Gasteiger partial charge in [-0.05, 0) is 54.5 Å². The fourth-order valence-electron chi connectivity index (χ4n) is 3.42. The molecule has 222 valence electrons. The topological polar surface area (TPSA) is 154 Å². The number of nitrogens with two attached hydrogens (primary N) is 1. The second kappa shape index (κ2) is 15.6. The largest absolute Gasteiger partial charge is 0.492 e. The van der Waals surface area contributed by atoms with E-state index in [1.54, 1.807) is 30.3 Å². The Morgan fingerprint density at radius 3 is 2.27 bits per heavy atom. The number of carbonyl (C=O) groups excluding carboxylic acids is 2. The smallest absolute Gasteiger partial charge is 0.490 e. The van der Waals surface area contributed by atoms with Crippen LogP contribution in [0.3, 0.4) is 0 Å². The molecule has 0 radical (unpaired) electrons. The molecule has 3 amide bonds.